The highest BCUT2D eigenvalue weighted by Crippen LogP contribution is 2.10. The quantitative estimate of drug-likeness (QED) is 0.470. The molecule has 1 rings (SSSR count). The maximum absolute atomic E-state index is 11.5. The molecule has 0 aromatic carbocycles. The zero-order chi connectivity index (χ0) is 14.6. The highest BCUT2D eigenvalue weighted by Gasteiger charge is 2.41. The van der Waals surface area contributed by atoms with Crippen LogP contribution in [0, 0.1) is 0 Å². The second-order valence-electron chi connectivity index (χ2n) is 5.21. The third-order valence-electron chi connectivity index (χ3n) is 2.16. The van der Waals surface area contributed by atoms with Gasteiger partial charge >= 0.3 is 6.09 Å². The minimum Gasteiger partial charge on any atom is -0.444 e. The molecule has 8 nitrogen and oxygen atoms in total. The molecule has 0 aromatic heterocycles. The van der Waals surface area contributed by atoms with Gasteiger partial charge in [-0.25, -0.2) is 10.3 Å². The third-order valence-corrected chi connectivity index (χ3v) is 2.16. The van der Waals surface area contributed by atoms with E-state index in [1.165, 1.54) is 6.92 Å². The van der Waals surface area contributed by atoms with E-state index in [1.807, 2.05) is 0 Å². The third kappa shape index (κ3) is 5.12. The van der Waals surface area contributed by atoms with Gasteiger partial charge in [0.15, 0.2) is 0 Å². The number of alkyl carbamates (subject to hydrolysis) is 1. The minimum absolute atomic E-state index is 0.0613. The Morgan fingerprint density at radius 2 is 2.00 bits per heavy atom. The van der Waals surface area contributed by atoms with Crippen LogP contribution in [0.3, 0.4) is 0 Å². The largest absolute Gasteiger partial charge is 0.444 e. The monoisotopic (exact) mass is 273 g/mol. The van der Waals surface area contributed by atoms with Crippen LogP contribution in [-0.2, 0) is 19.2 Å². The molecule has 0 aliphatic carbocycles. The summed E-state index contributed by atoms with van der Waals surface area (Å²) in [7, 11) is 0. The number of hydroxylamine groups is 1. The van der Waals surface area contributed by atoms with E-state index in [0.29, 0.717) is 0 Å². The van der Waals surface area contributed by atoms with Crippen LogP contribution in [0.15, 0.2) is 0 Å². The summed E-state index contributed by atoms with van der Waals surface area (Å²) in [5.74, 6) is -0.662. The highest BCUT2D eigenvalue weighted by atomic mass is 16.7. The van der Waals surface area contributed by atoms with Gasteiger partial charge in [-0.05, 0) is 20.8 Å². The van der Waals surface area contributed by atoms with Gasteiger partial charge < -0.3 is 15.4 Å². The number of ether oxygens (including phenoxy) is 1. The fraction of sp³-hybridized carbons (Fsp3) is 0.727. The first-order chi connectivity index (χ1) is 8.69. The lowest BCUT2D eigenvalue weighted by Gasteiger charge is -2.36. The van der Waals surface area contributed by atoms with E-state index in [2.05, 4.69) is 16.1 Å². The number of carbonyl (C=O) groups is 3. The number of β-lactam (4-membered cyclic amide) rings is 1. The van der Waals surface area contributed by atoms with E-state index in [-0.39, 0.29) is 18.4 Å². The van der Waals surface area contributed by atoms with Gasteiger partial charge in [0, 0.05) is 6.92 Å². The molecule has 1 saturated heterocycles. The molecule has 1 aliphatic heterocycles. The van der Waals surface area contributed by atoms with E-state index in [4.69, 9.17) is 9.57 Å². The van der Waals surface area contributed by atoms with Crippen molar-refractivity contribution in [3.05, 3.63) is 0 Å². The number of rotatable bonds is 4. The second kappa shape index (κ2) is 5.87. The molecule has 1 aliphatic rings. The maximum atomic E-state index is 11.5. The van der Waals surface area contributed by atoms with Gasteiger partial charge in [0.1, 0.15) is 11.6 Å². The van der Waals surface area contributed by atoms with Gasteiger partial charge in [-0.15, -0.1) is 0 Å². The summed E-state index contributed by atoms with van der Waals surface area (Å²) in [4.78, 5) is 38.3. The van der Waals surface area contributed by atoms with Crippen LogP contribution in [0.5, 0.6) is 0 Å². The number of amides is 3. The van der Waals surface area contributed by atoms with E-state index in [9.17, 15) is 14.4 Å². The molecule has 0 radical (unpaired) electrons. The smallest absolute Gasteiger partial charge is 0.408 e. The van der Waals surface area contributed by atoms with Crippen molar-refractivity contribution in [3.8, 4) is 0 Å². The van der Waals surface area contributed by atoms with Crippen LogP contribution in [0.25, 0.3) is 0 Å². The van der Waals surface area contributed by atoms with Crippen molar-refractivity contribution >= 4 is 17.9 Å². The predicted molar refractivity (Wildman–Crippen MR) is 64.9 cm³/mol. The Morgan fingerprint density at radius 1 is 1.37 bits per heavy atom. The van der Waals surface area contributed by atoms with E-state index >= 15 is 0 Å². The van der Waals surface area contributed by atoms with Gasteiger partial charge in [0.2, 0.25) is 11.8 Å². The summed E-state index contributed by atoms with van der Waals surface area (Å²) in [5, 5.41) is 4.99. The van der Waals surface area contributed by atoms with Gasteiger partial charge in [0.25, 0.3) is 0 Å². The van der Waals surface area contributed by atoms with Crippen LogP contribution < -0.4 is 16.1 Å². The average molecular weight is 273 g/mol. The Bertz CT molecular complexity index is 377. The van der Waals surface area contributed by atoms with E-state index in [1.54, 1.807) is 20.8 Å². The van der Waals surface area contributed by atoms with Crippen molar-refractivity contribution in [2.45, 2.75) is 45.4 Å². The zero-order valence-corrected chi connectivity index (χ0v) is 11.4. The van der Waals surface area contributed by atoms with Crippen molar-refractivity contribution in [2.24, 2.45) is 0 Å². The number of carbonyl (C=O) groups excluding carboxylic acids is 3. The molecule has 1 fully saturated rings. The number of nitrogens with one attached hydrogen (secondary N) is 3. The Morgan fingerprint density at radius 3 is 2.47 bits per heavy atom. The topological polar surface area (TPSA) is 106 Å². The fourth-order valence-electron chi connectivity index (χ4n) is 1.41. The lowest BCUT2D eigenvalue weighted by Crippen LogP contribution is -2.71. The molecule has 2 atom stereocenters. The maximum Gasteiger partial charge on any atom is 0.408 e. The molecule has 3 N–H and O–H groups in total. The Labute approximate surface area is 111 Å². The molecule has 108 valence electrons. The molecule has 3 amide bonds. The van der Waals surface area contributed by atoms with E-state index in [0.717, 1.165) is 0 Å². The van der Waals surface area contributed by atoms with Crippen LogP contribution in [0.4, 0.5) is 4.79 Å². The van der Waals surface area contributed by atoms with Gasteiger partial charge in [-0.1, -0.05) is 0 Å². The normalized spacial score (nSPS) is 22.0. The first-order valence-electron chi connectivity index (χ1n) is 5.87. The summed E-state index contributed by atoms with van der Waals surface area (Å²) in [5.41, 5.74) is 1.50. The van der Waals surface area contributed by atoms with Crippen LogP contribution in [-0.4, -0.2) is 42.2 Å². The van der Waals surface area contributed by atoms with Gasteiger partial charge in [0.05, 0.1) is 12.6 Å². The molecular weight excluding hydrogens is 254 g/mol. The minimum atomic E-state index is -0.719. The van der Waals surface area contributed by atoms with Crippen molar-refractivity contribution in [1.82, 2.24) is 16.1 Å². The standard InChI is InChI=1S/C11H19N3O5/c1-6(15)14-18-5-7-8(9(16)12-7)13-10(17)19-11(2,3)4/h7-8H,5H2,1-4H3,(H,12,16)(H,13,17)(H,14,15)/t7-,8+/m1/s1. The lowest BCUT2D eigenvalue weighted by molar-refractivity contribution is -0.138. The number of hydrogen-bond donors (Lipinski definition) is 3. The molecule has 19 heavy (non-hydrogen) atoms. The van der Waals surface area contributed by atoms with Crippen molar-refractivity contribution < 1.29 is 24.0 Å². The molecule has 1 heterocycles. The molecular formula is C11H19N3O5. The summed E-state index contributed by atoms with van der Waals surface area (Å²) in [6.45, 7) is 6.54. The molecule has 8 heteroatoms. The molecule has 0 unspecified atom stereocenters. The second-order valence-corrected chi connectivity index (χ2v) is 5.21. The Balaban J connectivity index is 2.36. The average Bonchev–Trinajstić information content (AvgIpc) is 2.22. The first kappa shape index (κ1) is 15.2. The van der Waals surface area contributed by atoms with Crippen LogP contribution in [0.1, 0.15) is 27.7 Å². The van der Waals surface area contributed by atoms with Crippen molar-refractivity contribution in [1.29, 1.82) is 0 Å². The molecule has 0 aromatic rings. The van der Waals surface area contributed by atoms with Crippen molar-refractivity contribution in [2.75, 3.05) is 6.61 Å². The van der Waals surface area contributed by atoms with Crippen LogP contribution in [0.2, 0.25) is 0 Å². The van der Waals surface area contributed by atoms with Gasteiger partial charge in [-0.2, -0.15) is 0 Å². The van der Waals surface area contributed by atoms with Gasteiger partial charge in [-0.3, -0.25) is 14.4 Å². The first-order valence-corrected chi connectivity index (χ1v) is 5.87. The fourth-order valence-corrected chi connectivity index (χ4v) is 1.41. The predicted octanol–water partition coefficient (Wildman–Crippen LogP) is -0.554. The summed E-state index contributed by atoms with van der Waals surface area (Å²) >= 11 is 0. The Hall–Kier alpha value is -1.83. The molecule has 0 spiro atoms. The molecule has 0 bridgehead atoms. The number of hydrogen-bond acceptors (Lipinski definition) is 5. The summed E-state index contributed by atoms with van der Waals surface area (Å²) < 4.78 is 5.04. The summed E-state index contributed by atoms with van der Waals surface area (Å²) in [6, 6.07) is -1.12. The zero-order valence-electron chi connectivity index (χ0n) is 11.4. The van der Waals surface area contributed by atoms with Crippen LogP contribution >= 0.6 is 0 Å². The lowest BCUT2D eigenvalue weighted by atomic mass is 10.0. The SMILES string of the molecule is CC(=O)NOC[C@H]1NC(=O)[C@H]1NC(=O)OC(C)(C)C. The Kier molecular flexibility index (Phi) is 4.71. The van der Waals surface area contributed by atoms with E-state index < -0.39 is 23.8 Å². The summed E-state index contributed by atoms with van der Waals surface area (Å²) in [6.07, 6.45) is -0.670. The van der Waals surface area contributed by atoms with Crippen molar-refractivity contribution in [3.63, 3.8) is 0 Å². The highest BCUT2D eigenvalue weighted by molar-refractivity contribution is 5.92. The molecule has 0 saturated carbocycles.